The maximum Gasteiger partial charge on any atom is 0.321 e. The lowest BCUT2D eigenvalue weighted by atomic mass is 10.2. The van der Waals surface area contributed by atoms with Crippen molar-refractivity contribution in [3.05, 3.63) is 29.8 Å². The number of hydrogen-bond donors (Lipinski definition) is 2. The third kappa shape index (κ3) is 3.64. The second-order valence-corrected chi connectivity index (χ2v) is 4.84. The lowest BCUT2D eigenvalue weighted by Gasteiger charge is -2.21. The largest absolute Gasteiger partial charge is 0.391 e. The van der Waals surface area contributed by atoms with Crippen LogP contribution in [-0.2, 0) is 0 Å². The number of amides is 2. The van der Waals surface area contributed by atoms with Crippen molar-refractivity contribution in [1.82, 2.24) is 4.90 Å². The molecule has 0 saturated heterocycles. The van der Waals surface area contributed by atoms with E-state index in [1.165, 1.54) is 11.9 Å². The normalized spacial score (nSPS) is 16.0. The number of aliphatic hydroxyl groups excluding tert-OH is 1. The van der Waals surface area contributed by atoms with Gasteiger partial charge < -0.3 is 15.3 Å². The number of carbonyl (C=O) groups is 1. The summed E-state index contributed by atoms with van der Waals surface area (Å²) in [5.41, 5.74) is -0.0841. The summed E-state index contributed by atoms with van der Waals surface area (Å²) in [6.45, 7) is 0.194. The first kappa shape index (κ1) is 13.7. The molecule has 1 aliphatic rings. The molecule has 1 atom stereocenters. The van der Waals surface area contributed by atoms with Gasteiger partial charge in [-0.15, -0.1) is 0 Å². The second-order valence-electron chi connectivity index (χ2n) is 4.84. The minimum Gasteiger partial charge on any atom is -0.391 e. The predicted octanol–water partition coefficient (Wildman–Crippen LogP) is 2.20. The number of hydrogen-bond acceptors (Lipinski definition) is 2. The van der Waals surface area contributed by atoms with E-state index in [4.69, 9.17) is 0 Å². The highest BCUT2D eigenvalue weighted by molar-refractivity contribution is 5.89. The molecule has 1 aromatic carbocycles. The number of likely N-dealkylation sites (N-methyl/N-ethyl adjacent to an activating group) is 1. The summed E-state index contributed by atoms with van der Waals surface area (Å²) in [6.07, 6.45) is 1.40. The van der Waals surface area contributed by atoms with Gasteiger partial charge in [0.1, 0.15) is 11.6 Å². The van der Waals surface area contributed by atoms with Gasteiger partial charge in [-0.1, -0.05) is 0 Å². The third-order valence-corrected chi connectivity index (χ3v) is 3.15. The van der Waals surface area contributed by atoms with Crippen LogP contribution in [0.2, 0.25) is 0 Å². The van der Waals surface area contributed by atoms with Crippen molar-refractivity contribution in [2.24, 2.45) is 5.92 Å². The van der Waals surface area contributed by atoms with Crippen LogP contribution in [0.5, 0.6) is 0 Å². The zero-order valence-electron chi connectivity index (χ0n) is 10.6. The van der Waals surface area contributed by atoms with Gasteiger partial charge >= 0.3 is 6.03 Å². The Morgan fingerprint density at radius 1 is 1.53 bits per heavy atom. The smallest absolute Gasteiger partial charge is 0.321 e. The molecule has 0 bridgehead atoms. The zero-order valence-corrected chi connectivity index (χ0v) is 10.6. The van der Waals surface area contributed by atoms with Crippen LogP contribution in [0.3, 0.4) is 0 Å². The molecule has 0 radical (unpaired) electrons. The second kappa shape index (κ2) is 5.52. The fourth-order valence-electron chi connectivity index (χ4n) is 1.80. The number of anilines is 1. The molecular formula is C13H16F2N2O2. The Balaban J connectivity index is 1.91. The van der Waals surface area contributed by atoms with Gasteiger partial charge in [-0.3, -0.25) is 0 Å². The van der Waals surface area contributed by atoms with Crippen molar-refractivity contribution in [1.29, 1.82) is 0 Å². The Labute approximate surface area is 110 Å². The average Bonchev–Trinajstić information content (AvgIpc) is 3.16. The first-order valence-electron chi connectivity index (χ1n) is 6.12. The molecule has 1 unspecified atom stereocenters. The number of halogens is 2. The number of nitrogens with one attached hydrogen (secondary N) is 1. The van der Waals surface area contributed by atoms with Crippen LogP contribution in [0.1, 0.15) is 12.8 Å². The molecule has 0 heterocycles. The number of rotatable bonds is 4. The van der Waals surface area contributed by atoms with Crippen molar-refractivity contribution in [2.75, 3.05) is 18.9 Å². The van der Waals surface area contributed by atoms with E-state index in [9.17, 15) is 18.7 Å². The first-order valence-corrected chi connectivity index (χ1v) is 6.12. The van der Waals surface area contributed by atoms with Gasteiger partial charge in [0, 0.05) is 19.7 Å². The molecule has 1 aromatic rings. The van der Waals surface area contributed by atoms with Crippen LogP contribution < -0.4 is 5.32 Å². The minimum absolute atomic E-state index is 0.0841. The first-order chi connectivity index (χ1) is 8.97. The monoisotopic (exact) mass is 270 g/mol. The summed E-state index contributed by atoms with van der Waals surface area (Å²) in [4.78, 5) is 13.1. The van der Waals surface area contributed by atoms with E-state index in [0.29, 0.717) is 6.07 Å². The van der Waals surface area contributed by atoms with Gasteiger partial charge in [-0.2, -0.15) is 0 Å². The molecule has 0 aliphatic heterocycles. The lowest BCUT2D eigenvalue weighted by molar-refractivity contribution is 0.117. The molecule has 2 rings (SSSR count). The maximum atomic E-state index is 13.4. The lowest BCUT2D eigenvalue weighted by Crippen LogP contribution is -2.38. The van der Waals surface area contributed by atoms with Gasteiger partial charge in [0.15, 0.2) is 0 Å². The molecule has 1 aliphatic carbocycles. The van der Waals surface area contributed by atoms with Gasteiger partial charge in [-0.25, -0.2) is 13.6 Å². The van der Waals surface area contributed by atoms with Crippen LogP contribution in [0.25, 0.3) is 0 Å². The van der Waals surface area contributed by atoms with E-state index >= 15 is 0 Å². The van der Waals surface area contributed by atoms with Crippen molar-refractivity contribution in [2.45, 2.75) is 18.9 Å². The Kier molecular flexibility index (Phi) is 3.99. The Morgan fingerprint density at radius 2 is 2.21 bits per heavy atom. The Hall–Kier alpha value is -1.69. The summed E-state index contributed by atoms with van der Waals surface area (Å²) >= 11 is 0. The van der Waals surface area contributed by atoms with Crippen LogP contribution in [0, 0.1) is 17.6 Å². The molecule has 2 amide bonds. The number of urea groups is 1. The predicted molar refractivity (Wildman–Crippen MR) is 66.7 cm³/mol. The summed E-state index contributed by atoms with van der Waals surface area (Å²) in [5.74, 6) is -1.27. The van der Waals surface area contributed by atoms with Gasteiger partial charge in [0.2, 0.25) is 0 Å². The van der Waals surface area contributed by atoms with Gasteiger partial charge in [-0.05, 0) is 30.9 Å². The molecule has 2 N–H and O–H groups in total. The molecule has 4 nitrogen and oxygen atoms in total. The summed E-state index contributed by atoms with van der Waals surface area (Å²) in [7, 11) is 1.52. The van der Waals surface area contributed by atoms with E-state index in [1.807, 2.05) is 0 Å². The van der Waals surface area contributed by atoms with Gasteiger partial charge in [0.05, 0.1) is 11.8 Å². The van der Waals surface area contributed by atoms with E-state index < -0.39 is 23.8 Å². The van der Waals surface area contributed by atoms with E-state index in [-0.39, 0.29) is 18.2 Å². The van der Waals surface area contributed by atoms with Crippen molar-refractivity contribution in [3.63, 3.8) is 0 Å². The molecule has 1 fully saturated rings. The maximum absolute atomic E-state index is 13.4. The van der Waals surface area contributed by atoms with E-state index in [2.05, 4.69) is 5.32 Å². The molecule has 0 aromatic heterocycles. The van der Waals surface area contributed by atoms with Crippen molar-refractivity contribution in [3.8, 4) is 0 Å². The van der Waals surface area contributed by atoms with Crippen LogP contribution in [-0.4, -0.2) is 35.7 Å². The molecule has 6 heteroatoms. The number of aliphatic hydroxyl groups is 1. The number of nitrogens with zero attached hydrogens (tertiary/aromatic N) is 1. The van der Waals surface area contributed by atoms with Crippen LogP contribution in [0.15, 0.2) is 18.2 Å². The number of benzene rings is 1. The SMILES string of the molecule is CN(CC(O)C1CC1)C(=O)Nc1ccc(F)cc1F. The average molecular weight is 270 g/mol. The zero-order chi connectivity index (χ0) is 14.0. The molecular weight excluding hydrogens is 254 g/mol. The standard InChI is InChI=1S/C13H16F2N2O2/c1-17(7-12(18)8-2-3-8)13(19)16-11-5-4-9(14)6-10(11)15/h4-6,8,12,18H,2-3,7H2,1H3,(H,16,19). The fraction of sp³-hybridized carbons (Fsp3) is 0.462. The van der Waals surface area contributed by atoms with Crippen LogP contribution in [0.4, 0.5) is 19.3 Å². The molecule has 19 heavy (non-hydrogen) atoms. The van der Waals surface area contributed by atoms with Crippen molar-refractivity contribution >= 4 is 11.7 Å². The Bertz CT molecular complexity index is 478. The summed E-state index contributed by atoms with van der Waals surface area (Å²) < 4.78 is 26.1. The molecule has 1 saturated carbocycles. The van der Waals surface area contributed by atoms with Crippen molar-refractivity contribution < 1.29 is 18.7 Å². The third-order valence-electron chi connectivity index (χ3n) is 3.15. The topological polar surface area (TPSA) is 52.6 Å². The molecule has 0 spiro atoms. The highest BCUT2D eigenvalue weighted by Gasteiger charge is 2.31. The number of carbonyl (C=O) groups excluding carboxylic acids is 1. The quantitative estimate of drug-likeness (QED) is 0.881. The highest BCUT2D eigenvalue weighted by Crippen LogP contribution is 2.32. The summed E-state index contributed by atoms with van der Waals surface area (Å²) in [5, 5.41) is 12.1. The minimum atomic E-state index is -0.829. The Morgan fingerprint density at radius 3 is 2.79 bits per heavy atom. The van der Waals surface area contributed by atoms with E-state index in [1.54, 1.807) is 0 Å². The fourth-order valence-corrected chi connectivity index (χ4v) is 1.80. The molecule has 104 valence electrons. The van der Waals surface area contributed by atoms with Gasteiger partial charge in [0.25, 0.3) is 0 Å². The van der Waals surface area contributed by atoms with E-state index in [0.717, 1.165) is 25.0 Å². The highest BCUT2D eigenvalue weighted by atomic mass is 19.1. The summed E-state index contributed by atoms with van der Waals surface area (Å²) in [6, 6.07) is 2.39. The van der Waals surface area contributed by atoms with Crippen LogP contribution >= 0.6 is 0 Å².